The summed E-state index contributed by atoms with van der Waals surface area (Å²) < 4.78 is 7.12. The molecule has 0 spiro atoms. The summed E-state index contributed by atoms with van der Waals surface area (Å²) in [6.07, 6.45) is 3.36. The van der Waals surface area contributed by atoms with E-state index in [1.165, 1.54) is 12.1 Å². The van der Waals surface area contributed by atoms with Gasteiger partial charge in [0.05, 0.1) is 6.54 Å². The van der Waals surface area contributed by atoms with Gasteiger partial charge in [-0.05, 0) is 13.0 Å². The number of rotatable bonds is 3. The molecule has 18 heavy (non-hydrogen) atoms. The Morgan fingerprint density at radius 1 is 1.44 bits per heavy atom. The lowest BCUT2D eigenvalue weighted by Gasteiger charge is -2.03. The lowest BCUT2D eigenvalue weighted by atomic mass is 10.2. The maximum absolute atomic E-state index is 11.3. The first-order chi connectivity index (χ1) is 8.60. The van der Waals surface area contributed by atoms with Crippen LogP contribution in [0.5, 0.6) is 0 Å². The molecule has 0 aliphatic heterocycles. The molecule has 0 aromatic carbocycles. The molecule has 6 nitrogen and oxygen atoms in total. The highest BCUT2D eigenvalue weighted by atomic mass is 16.4. The number of amides is 1. The molecule has 0 aliphatic carbocycles. The number of nitrogens with one attached hydrogen (secondary N) is 1. The first kappa shape index (κ1) is 12.1. The maximum Gasteiger partial charge on any atom is 0.300 e. The average Bonchev–Trinajstić information content (AvgIpc) is 2.73. The van der Waals surface area contributed by atoms with E-state index in [-0.39, 0.29) is 11.2 Å². The van der Waals surface area contributed by atoms with Crippen molar-refractivity contribution in [2.24, 2.45) is 5.84 Å². The Kier molecular flexibility index (Phi) is 3.29. The van der Waals surface area contributed by atoms with Crippen molar-refractivity contribution >= 4 is 5.91 Å². The van der Waals surface area contributed by atoms with Crippen LogP contribution in [0.25, 0.3) is 0 Å². The molecule has 0 fully saturated rings. The van der Waals surface area contributed by atoms with Gasteiger partial charge in [-0.2, -0.15) is 0 Å². The Hall–Kier alpha value is -2.34. The van der Waals surface area contributed by atoms with E-state index in [4.69, 9.17) is 10.3 Å². The van der Waals surface area contributed by atoms with E-state index in [1.807, 2.05) is 9.99 Å². The van der Waals surface area contributed by atoms with E-state index >= 15 is 0 Å². The standard InChI is InChI=1S/C12H13N3O3/c1-8-9(6-11(18-8)12(17)14-13)7-15-4-2-10(16)3-5-15/h2-6H,7,13H2,1H3,(H,14,17). The first-order valence-electron chi connectivity index (χ1n) is 5.36. The highest BCUT2D eigenvalue weighted by Gasteiger charge is 2.13. The molecular formula is C12H13N3O3. The number of nitrogens with zero attached hydrogens (tertiary/aromatic N) is 1. The lowest BCUT2D eigenvalue weighted by molar-refractivity contribution is 0.0924. The topological polar surface area (TPSA) is 90.3 Å². The zero-order valence-corrected chi connectivity index (χ0v) is 9.84. The second kappa shape index (κ2) is 4.89. The highest BCUT2D eigenvalue weighted by molar-refractivity contribution is 5.91. The van der Waals surface area contributed by atoms with Gasteiger partial charge in [0, 0.05) is 30.1 Å². The van der Waals surface area contributed by atoms with Crippen molar-refractivity contribution in [2.75, 3.05) is 0 Å². The van der Waals surface area contributed by atoms with Crippen molar-refractivity contribution in [3.63, 3.8) is 0 Å². The molecule has 0 atom stereocenters. The van der Waals surface area contributed by atoms with Gasteiger partial charge in [0.15, 0.2) is 11.2 Å². The van der Waals surface area contributed by atoms with Crippen LogP contribution in [0.3, 0.4) is 0 Å². The van der Waals surface area contributed by atoms with E-state index in [2.05, 4.69) is 0 Å². The number of aromatic nitrogens is 1. The third kappa shape index (κ3) is 2.49. The van der Waals surface area contributed by atoms with E-state index in [1.54, 1.807) is 25.4 Å². The molecule has 0 bridgehead atoms. The molecule has 0 aliphatic rings. The number of furan rings is 1. The van der Waals surface area contributed by atoms with Crippen LogP contribution >= 0.6 is 0 Å². The molecular weight excluding hydrogens is 234 g/mol. The smallest absolute Gasteiger partial charge is 0.300 e. The van der Waals surface area contributed by atoms with Gasteiger partial charge in [0.25, 0.3) is 0 Å². The number of aryl methyl sites for hydroxylation is 1. The molecule has 0 saturated heterocycles. The van der Waals surface area contributed by atoms with Gasteiger partial charge in [-0.15, -0.1) is 0 Å². The van der Waals surface area contributed by atoms with Crippen molar-refractivity contribution in [3.8, 4) is 0 Å². The highest BCUT2D eigenvalue weighted by Crippen LogP contribution is 2.15. The predicted molar refractivity (Wildman–Crippen MR) is 64.9 cm³/mol. The Labute approximate surface area is 103 Å². The van der Waals surface area contributed by atoms with Crippen molar-refractivity contribution in [1.82, 2.24) is 9.99 Å². The summed E-state index contributed by atoms with van der Waals surface area (Å²) in [5.41, 5.74) is 2.83. The van der Waals surface area contributed by atoms with Gasteiger partial charge in [0.2, 0.25) is 0 Å². The van der Waals surface area contributed by atoms with Crippen molar-refractivity contribution in [2.45, 2.75) is 13.5 Å². The summed E-state index contributed by atoms with van der Waals surface area (Å²) >= 11 is 0. The molecule has 2 aromatic heterocycles. The number of hydrogen-bond acceptors (Lipinski definition) is 4. The van der Waals surface area contributed by atoms with Crippen molar-refractivity contribution in [3.05, 3.63) is 57.9 Å². The predicted octanol–water partition coefficient (Wildman–Crippen LogP) is 0.402. The van der Waals surface area contributed by atoms with E-state index in [0.717, 1.165) is 5.56 Å². The van der Waals surface area contributed by atoms with Crippen LogP contribution in [0.1, 0.15) is 21.9 Å². The second-order valence-corrected chi connectivity index (χ2v) is 3.87. The van der Waals surface area contributed by atoms with Crippen molar-refractivity contribution < 1.29 is 9.21 Å². The third-order valence-corrected chi connectivity index (χ3v) is 2.59. The quantitative estimate of drug-likeness (QED) is 0.466. The van der Waals surface area contributed by atoms with Crippen LogP contribution in [0.2, 0.25) is 0 Å². The summed E-state index contributed by atoms with van der Waals surface area (Å²) in [6.45, 7) is 2.29. The lowest BCUT2D eigenvalue weighted by Crippen LogP contribution is -2.29. The molecule has 1 amide bonds. The Balaban J connectivity index is 2.24. The average molecular weight is 247 g/mol. The number of nitrogen functional groups attached to an aromatic ring is 1. The fourth-order valence-corrected chi connectivity index (χ4v) is 1.61. The molecule has 0 radical (unpaired) electrons. The van der Waals surface area contributed by atoms with Crippen LogP contribution in [0, 0.1) is 6.92 Å². The monoisotopic (exact) mass is 247 g/mol. The molecule has 0 unspecified atom stereocenters. The van der Waals surface area contributed by atoms with Gasteiger partial charge in [-0.1, -0.05) is 0 Å². The fourth-order valence-electron chi connectivity index (χ4n) is 1.61. The third-order valence-electron chi connectivity index (χ3n) is 2.59. The molecule has 2 rings (SSSR count). The van der Waals surface area contributed by atoms with Gasteiger partial charge in [-0.25, -0.2) is 5.84 Å². The van der Waals surface area contributed by atoms with Crippen LogP contribution in [0.4, 0.5) is 0 Å². The molecule has 94 valence electrons. The van der Waals surface area contributed by atoms with Crippen LogP contribution in [0.15, 0.2) is 39.8 Å². The summed E-state index contributed by atoms with van der Waals surface area (Å²) in [7, 11) is 0. The molecule has 2 heterocycles. The van der Waals surface area contributed by atoms with E-state index in [9.17, 15) is 9.59 Å². The second-order valence-electron chi connectivity index (χ2n) is 3.87. The summed E-state index contributed by atoms with van der Waals surface area (Å²) in [6, 6.07) is 4.58. The van der Waals surface area contributed by atoms with Crippen LogP contribution < -0.4 is 16.7 Å². The zero-order valence-electron chi connectivity index (χ0n) is 9.84. The Morgan fingerprint density at radius 2 is 2.11 bits per heavy atom. The number of hydrogen-bond donors (Lipinski definition) is 2. The van der Waals surface area contributed by atoms with Gasteiger partial charge in [0.1, 0.15) is 5.76 Å². The zero-order chi connectivity index (χ0) is 13.1. The summed E-state index contributed by atoms with van der Waals surface area (Å²) in [5, 5.41) is 0. The maximum atomic E-state index is 11.3. The Bertz CT molecular complexity index is 607. The largest absolute Gasteiger partial charge is 0.456 e. The molecule has 2 aromatic rings. The number of carbonyl (C=O) groups excluding carboxylic acids is 1. The number of hydrazine groups is 1. The fraction of sp³-hybridized carbons (Fsp3) is 0.167. The number of carbonyl (C=O) groups is 1. The Morgan fingerprint density at radius 3 is 2.72 bits per heavy atom. The number of pyridine rings is 1. The molecule has 0 saturated carbocycles. The number of nitrogens with two attached hydrogens (primary N) is 1. The van der Waals surface area contributed by atoms with E-state index < -0.39 is 5.91 Å². The van der Waals surface area contributed by atoms with Gasteiger partial charge in [-0.3, -0.25) is 15.0 Å². The SMILES string of the molecule is Cc1oc(C(=O)NN)cc1Cn1ccc(=O)cc1. The summed E-state index contributed by atoms with van der Waals surface area (Å²) in [5.74, 6) is 5.38. The minimum atomic E-state index is -0.468. The van der Waals surface area contributed by atoms with Crippen molar-refractivity contribution in [1.29, 1.82) is 0 Å². The van der Waals surface area contributed by atoms with Gasteiger partial charge >= 0.3 is 5.91 Å². The summed E-state index contributed by atoms with van der Waals surface area (Å²) in [4.78, 5) is 22.3. The first-order valence-corrected chi connectivity index (χ1v) is 5.36. The van der Waals surface area contributed by atoms with Gasteiger partial charge < -0.3 is 8.98 Å². The van der Waals surface area contributed by atoms with Crippen LogP contribution in [-0.4, -0.2) is 10.5 Å². The van der Waals surface area contributed by atoms with E-state index in [0.29, 0.717) is 12.3 Å². The minimum absolute atomic E-state index is 0.0432. The normalized spacial score (nSPS) is 10.3. The van der Waals surface area contributed by atoms with Crippen LogP contribution in [-0.2, 0) is 6.54 Å². The molecule has 3 N–H and O–H groups in total. The molecule has 6 heteroatoms. The minimum Gasteiger partial charge on any atom is -0.456 e.